The monoisotopic (exact) mass is 296 g/mol. The molecule has 1 N–H and O–H groups in total. The molecule has 0 aliphatic carbocycles. The summed E-state index contributed by atoms with van der Waals surface area (Å²) in [6.45, 7) is 5.93. The van der Waals surface area contributed by atoms with E-state index in [0.29, 0.717) is 5.56 Å². The van der Waals surface area contributed by atoms with E-state index >= 15 is 0 Å². The molecule has 0 aliphatic heterocycles. The first-order valence-electron chi connectivity index (χ1n) is 7.21. The Hall–Kier alpha value is -2.62. The van der Waals surface area contributed by atoms with Gasteiger partial charge in [0.05, 0.1) is 12.3 Å². The molecule has 0 aliphatic rings. The van der Waals surface area contributed by atoms with Crippen LogP contribution in [-0.2, 0) is 0 Å². The van der Waals surface area contributed by atoms with Crippen molar-refractivity contribution in [3.8, 4) is 5.75 Å². The van der Waals surface area contributed by atoms with E-state index < -0.39 is 0 Å². The fourth-order valence-electron chi connectivity index (χ4n) is 1.94. The van der Waals surface area contributed by atoms with Gasteiger partial charge in [0, 0.05) is 5.56 Å². The fourth-order valence-corrected chi connectivity index (χ4v) is 1.94. The van der Waals surface area contributed by atoms with Crippen LogP contribution in [0.15, 0.2) is 53.6 Å². The molecule has 22 heavy (non-hydrogen) atoms. The first-order chi connectivity index (χ1) is 10.5. The summed E-state index contributed by atoms with van der Waals surface area (Å²) in [5.74, 6) is 0.495. The molecular weight excluding hydrogens is 276 g/mol. The molecule has 114 valence electrons. The van der Waals surface area contributed by atoms with Crippen molar-refractivity contribution >= 4 is 12.1 Å². The number of aryl methyl sites for hydroxylation is 1. The number of carbonyl (C=O) groups is 1. The van der Waals surface area contributed by atoms with Crippen LogP contribution in [0.4, 0.5) is 0 Å². The molecular formula is C18H20N2O2. The molecule has 2 aromatic carbocycles. The maximum atomic E-state index is 12.0. The van der Waals surface area contributed by atoms with Gasteiger partial charge < -0.3 is 4.74 Å². The number of benzene rings is 2. The van der Waals surface area contributed by atoms with Crippen LogP contribution in [-0.4, -0.2) is 18.2 Å². The molecule has 2 aromatic rings. The first-order valence-corrected chi connectivity index (χ1v) is 7.21. The Kier molecular flexibility index (Phi) is 5.31. The molecule has 0 radical (unpaired) electrons. The van der Waals surface area contributed by atoms with Crippen molar-refractivity contribution in [1.82, 2.24) is 5.43 Å². The van der Waals surface area contributed by atoms with Crippen LogP contribution in [0.1, 0.15) is 35.3 Å². The second kappa shape index (κ2) is 7.41. The maximum absolute atomic E-state index is 12.0. The summed E-state index contributed by atoms with van der Waals surface area (Å²) in [7, 11) is 0. The van der Waals surface area contributed by atoms with Gasteiger partial charge in [-0.05, 0) is 50.6 Å². The van der Waals surface area contributed by atoms with Gasteiger partial charge in [0.2, 0.25) is 0 Å². The van der Waals surface area contributed by atoms with Gasteiger partial charge in [0.15, 0.2) is 0 Å². The molecule has 0 aromatic heterocycles. The Labute approximate surface area is 130 Å². The highest BCUT2D eigenvalue weighted by molar-refractivity contribution is 5.95. The average Bonchev–Trinajstić information content (AvgIpc) is 2.47. The van der Waals surface area contributed by atoms with Crippen molar-refractivity contribution in [1.29, 1.82) is 0 Å². The van der Waals surface area contributed by atoms with Crippen molar-refractivity contribution in [2.75, 3.05) is 0 Å². The zero-order chi connectivity index (χ0) is 15.9. The molecule has 1 amide bonds. The number of nitrogens with zero attached hydrogens (tertiary/aromatic N) is 1. The molecule has 0 fully saturated rings. The standard InChI is InChI=1S/C18H20N2O2/c1-13(2)22-17-9-7-16(8-10-17)18(21)20-19-12-15-6-4-5-14(3)11-15/h4-13H,1-3H3,(H,20,21)/b19-12-. The third-order valence-electron chi connectivity index (χ3n) is 2.91. The third kappa shape index (κ3) is 4.74. The second-order valence-corrected chi connectivity index (χ2v) is 5.30. The van der Waals surface area contributed by atoms with Crippen LogP contribution < -0.4 is 10.2 Å². The predicted molar refractivity (Wildman–Crippen MR) is 88.4 cm³/mol. The van der Waals surface area contributed by atoms with Gasteiger partial charge in [-0.15, -0.1) is 0 Å². The number of amides is 1. The molecule has 4 heteroatoms. The number of rotatable bonds is 5. The molecule has 0 unspecified atom stereocenters. The van der Waals surface area contributed by atoms with E-state index in [1.165, 1.54) is 0 Å². The Balaban J connectivity index is 1.94. The Morgan fingerprint density at radius 2 is 1.91 bits per heavy atom. The lowest BCUT2D eigenvalue weighted by atomic mass is 10.2. The van der Waals surface area contributed by atoms with Gasteiger partial charge in [-0.3, -0.25) is 4.79 Å². The van der Waals surface area contributed by atoms with E-state index in [-0.39, 0.29) is 12.0 Å². The van der Waals surface area contributed by atoms with Crippen LogP contribution in [0.2, 0.25) is 0 Å². The Bertz CT molecular complexity index is 661. The van der Waals surface area contributed by atoms with Crippen molar-refractivity contribution in [3.05, 3.63) is 65.2 Å². The van der Waals surface area contributed by atoms with Gasteiger partial charge in [-0.1, -0.05) is 29.8 Å². The summed E-state index contributed by atoms with van der Waals surface area (Å²) in [5.41, 5.74) is 5.15. The summed E-state index contributed by atoms with van der Waals surface area (Å²) < 4.78 is 5.54. The van der Waals surface area contributed by atoms with Crippen LogP contribution in [0, 0.1) is 6.92 Å². The highest BCUT2D eigenvalue weighted by Gasteiger charge is 2.04. The van der Waals surface area contributed by atoms with E-state index in [9.17, 15) is 4.79 Å². The molecule has 4 nitrogen and oxygen atoms in total. The molecule has 0 bridgehead atoms. The zero-order valence-corrected chi connectivity index (χ0v) is 13.0. The lowest BCUT2D eigenvalue weighted by Crippen LogP contribution is -2.17. The third-order valence-corrected chi connectivity index (χ3v) is 2.91. The minimum Gasteiger partial charge on any atom is -0.491 e. The van der Waals surface area contributed by atoms with Gasteiger partial charge in [-0.25, -0.2) is 5.43 Å². The number of hydrazone groups is 1. The number of ether oxygens (including phenoxy) is 1. The normalized spacial score (nSPS) is 10.9. The molecule has 0 heterocycles. The van der Waals surface area contributed by atoms with Crippen LogP contribution in [0.5, 0.6) is 5.75 Å². The number of hydrogen-bond donors (Lipinski definition) is 1. The van der Waals surface area contributed by atoms with Crippen molar-refractivity contribution in [3.63, 3.8) is 0 Å². The van der Waals surface area contributed by atoms with Crippen LogP contribution in [0.25, 0.3) is 0 Å². The van der Waals surface area contributed by atoms with E-state index in [1.807, 2.05) is 45.0 Å². The van der Waals surface area contributed by atoms with Gasteiger partial charge in [0.1, 0.15) is 5.75 Å². The highest BCUT2D eigenvalue weighted by Crippen LogP contribution is 2.13. The van der Waals surface area contributed by atoms with Crippen molar-refractivity contribution < 1.29 is 9.53 Å². The summed E-state index contributed by atoms with van der Waals surface area (Å²) >= 11 is 0. The van der Waals surface area contributed by atoms with E-state index in [0.717, 1.165) is 16.9 Å². The van der Waals surface area contributed by atoms with E-state index in [4.69, 9.17) is 4.74 Å². The SMILES string of the molecule is Cc1cccc(/C=N\NC(=O)c2ccc(OC(C)C)cc2)c1. The highest BCUT2D eigenvalue weighted by atomic mass is 16.5. The Morgan fingerprint density at radius 1 is 1.18 bits per heavy atom. The van der Waals surface area contributed by atoms with Crippen LogP contribution in [0.3, 0.4) is 0 Å². The quantitative estimate of drug-likeness (QED) is 0.677. The van der Waals surface area contributed by atoms with Gasteiger partial charge in [-0.2, -0.15) is 5.10 Å². The van der Waals surface area contributed by atoms with Crippen LogP contribution >= 0.6 is 0 Å². The summed E-state index contributed by atoms with van der Waals surface area (Å²) in [6, 6.07) is 14.9. The molecule has 0 saturated heterocycles. The molecule has 0 atom stereocenters. The Morgan fingerprint density at radius 3 is 2.55 bits per heavy atom. The van der Waals surface area contributed by atoms with E-state index in [1.54, 1.807) is 30.5 Å². The molecule has 0 saturated carbocycles. The summed E-state index contributed by atoms with van der Waals surface area (Å²) in [4.78, 5) is 12.0. The minimum absolute atomic E-state index is 0.110. The topological polar surface area (TPSA) is 50.7 Å². The van der Waals surface area contributed by atoms with Crippen molar-refractivity contribution in [2.45, 2.75) is 26.9 Å². The maximum Gasteiger partial charge on any atom is 0.271 e. The average molecular weight is 296 g/mol. The number of nitrogens with one attached hydrogen (secondary N) is 1. The first kappa shape index (κ1) is 15.8. The van der Waals surface area contributed by atoms with Gasteiger partial charge in [0.25, 0.3) is 5.91 Å². The number of carbonyl (C=O) groups excluding carboxylic acids is 1. The number of hydrogen-bond acceptors (Lipinski definition) is 3. The van der Waals surface area contributed by atoms with Crippen molar-refractivity contribution in [2.24, 2.45) is 5.10 Å². The lowest BCUT2D eigenvalue weighted by Gasteiger charge is -2.09. The fraction of sp³-hybridized carbons (Fsp3) is 0.222. The van der Waals surface area contributed by atoms with Gasteiger partial charge >= 0.3 is 0 Å². The zero-order valence-electron chi connectivity index (χ0n) is 13.0. The lowest BCUT2D eigenvalue weighted by molar-refractivity contribution is 0.0955. The van der Waals surface area contributed by atoms with E-state index in [2.05, 4.69) is 10.5 Å². The summed E-state index contributed by atoms with van der Waals surface area (Å²) in [6.07, 6.45) is 1.74. The minimum atomic E-state index is -0.250. The summed E-state index contributed by atoms with van der Waals surface area (Å²) in [5, 5.41) is 3.97. The molecule has 0 spiro atoms. The smallest absolute Gasteiger partial charge is 0.271 e. The largest absolute Gasteiger partial charge is 0.491 e. The predicted octanol–water partition coefficient (Wildman–Crippen LogP) is 3.55. The second-order valence-electron chi connectivity index (χ2n) is 5.30. The molecule has 2 rings (SSSR count).